The third-order valence-corrected chi connectivity index (χ3v) is 4.70. The minimum Gasteiger partial charge on any atom is -0.489 e. The lowest BCUT2D eigenvalue weighted by Gasteiger charge is -2.14. The fourth-order valence-corrected chi connectivity index (χ4v) is 2.90. The maximum absolute atomic E-state index is 13.0. The first kappa shape index (κ1) is 18.8. The van der Waals surface area contributed by atoms with E-state index in [2.05, 4.69) is 5.32 Å². The predicted molar refractivity (Wildman–Crippen MR) is 106 cm³/mol. The normalized spacial score (nSPS) is 10.6. The van der Waals surface area contributed by atoms with E-state index in [9.17, 15) is 4.39 Å². The van der Waals surface area contributed by atoms with Gasteiger partial charge in [-0.3, -0.25) is 0 Å². The van der Waals surface area contributed by atoms with Crippen molar-refractivity contribution >= 4 is 40.5 Å². The van der Waals surface area contributed by atoms with E-state index in [1.54, 1.807) is 30.3 Å². The van der Waals surface area contributed by atoms with Crippen molar-refractivity contribution in [2.75, 3.05) is 5.32 Å². The average Bonchev–Trinajstić information content (AvgIpc) is 2.63. The molecule has 0 atom stereocenters. The van der Waals surface area contributed by atoms with Gasteiger partial charge in [0.25, 0.3) is 0 Å². The summed E-state index contributed by atoms with van der Waals surface area (Å²) < 4.78 is 18.9. The highest BCUT2D eigenvalue weighted by atomic mass is 35.5. The van der Waals surface area contributed by atoms with Crippen LogP contribution in [0.4, 0.5) is 10.1 Å². The first-order valence-corrected chi connectivity index (χ1v) is 8.99. The van der Waals surface area contributed by atoms with Gasteiger partial charge in [-0.25, -0.2) is 4.39 Å². The van der Waals surface area contributed by atoms with Gasteiger partial charge < -0.3 is 10.1 Å². The van der Waals surface area contributed by atoms with Crippen molar-refractivity contribution in [3.63, 3.8) is 0 Å². The molecule has 6 heteroatoms. The third kappa shape index (κ3) is 5.04. The lowest BCUT2D eigenvalue weighted by molar-refractivity contribution is 0.303. The second-order valence-corrected chi connectivity index (χ2v) is 6.90. The quantitative estimate of drug-likeness (QED) is 0.473. The standard InChI is InChI=1S/C20H15Cl3FNO/c21-15-2-8-20(26-12-13-1-7-18(22)19(23)9-13)14(10-15)11-25-17-5-3-16(24)4-6-17/h1-10,25H,11-12H2. The van der Waals surface area contributed by atoms with Gasteiger partial charge in [0.1, 0.15) is 18.2 Å². The highest BCUT2D eigenvalue weighted by molar-refractivity contribution is 6.42. The zero-order chi connectivity index (χ0) is 18.5. The Labute approximate surface area is 166 Å². The summed E-state index contributed by atoms with van der Waals surface area (Å²) in [6.45, 7) is 0.838. The Hall–Kier alpha value is -1.94. The number of hydrogen-bond donors (Lipinski definition) is 1. The van der Waals surface area contributed by atoms with Crippen LogP contribution >= 0.6 is 34.8 Å². The summed E-state index contributed by atoms with van der Waals surface area (Å²) in [7, 11) is 0. The van der Waals surface area contributed by atoms with Gasteiger partial charge in [0, 0.05) is 22.8 Å². The maximum Gasteiger partial charge on any atom is 0.124 e. The highest BCUT2D eigenvalue weighted by Gasteiger charge is 2.07. The summed E-state index contributed by atoms with van der Waals surface area (Å²) in [4.78, 5) is 0. The molecule has 0 fully saturated rings. The molecule has 3 aromatic rings. The molecule has 1 N–H and O–H groups in total. The SMILES string of the molecule is Fc1ccc(NCc2cc(Cl)ccc2OCc2ccc(Cl)c(Cl)c2)cc1. The molecule has 0 heterocycles. The fraction of sp³-hybridized carbons (Fsp3) is 0.100. The van der Waals surface area contributed by atoms with Crippen molar-refractivity contribution in [2.45, 2.75) is 13.2 Å². The minimum absolute atomic E-state index is 0.274. The van der Waals surface area contributed by atoms with Crippen molar-refractivity contribution in [2.24, 2.45) is 0 Å². The minimum atomic E-state index is -0.274. The van der Waals surface area contributed by atoms with E-state index in [0.29, 0.717) is 34.0 Å². The van der Waals surface area contributed by atoms with E-state index >= 15 is 0 Å². The van der Waals surface area contributed by atoms with E-state index in [0.717, 1.165) is 16.8 Å². The first-order valence-electron chi connectivity index (χ1n) is 7.86. The Morgan fingerprint density at radius 3 is 2.35 bits per heavy atom. The van der Waals surface area contributed by atoms with E-state index in [-0.39, 0.29) is 5.82 Å². The van der Waals surface area contributed by atoms with Crippen LogP contribution in [0.2, 0.25) is 15.1 Å². The molecule has 0 aliphatic carbocycles. The maximum atomic E-state index is 13.0. The van der Waals surface area contributed by atoms with E-state index < -0.39 is 0 Å². The summed E-state index contributed by atoms with van der Waals surface area (Å²) in [5.74, 6) is 0.430. The molecule has 0 aliphatic rings. The Morgan fingerprint density at radius 2 is 1.62 bits per heavy atom. The topological polar surface area (TPSA) is 21.3 Å². The molecular formula is C20H15Cl3FNO. The summed E-state index contributed by atoms with van der Waals surface area (Å²) >= 11 is 18.1. The lowest BCUT2D eigenvalue weighted by Crippen LogP contribution is -2.04. The molecule has 2 nitrogen and oxygen atoms in total. The van der Waals surface area contributed by atoms with Crippen LogP contribution in [0.15, 0.2) is 60.7 Å². The van der Waals surface area contributed by atoms with Gasteiger partial charge >= 0.3 is 0 Å². The van der Waals surface area contributed by atoms with E-state index in [1.807, 2.05) is 18.2 Å². The van der Waals surface area contributed by atoms with Crippen LogP contribution in [0.1, 0.15) is 11.1 Å². The third-order valence-electron chi connectivity index (χ3n) is 3.73. The van der Waals surface area contributed by atoms with E-state index in [4.69, 9.17) is 39.5 Å². The lowest BCUT2D eigenvalue weighted by atomic mass is 10.2. The van der Waals surface area contributed by atoms with Gasteiger partial charge in [0.05, 0.1) is 10.0 Å². The molecule has 26 heavy (non-hydrogen) atoms. The molecule has 0 saturated heterocycles. The van der Waals surface area contributed by atoms with Crippen LogP contribution in [-0.4, -0.2) is 0 Å². The molecule has 0 bridgehead atoms. The number of anilines is 1. The number of hydrogen-bond acceptors (Lipinski definition) is 2. The number of rotatable bonds is 6. The summed E-state index contributed by atoms with van der Waals surface area (Å²) in [5.41, 5.74) is 2.61. The van der Waals surface area contributed by atoms with Gasteiger partial charge in [-0.05, 0) is 60.2 Å². The van der Waals surface area contributed by atoms with Gasteiger partial charge in [0.15, 0.2) is 0 Å². The largest absolute Gasteiger partial charge is 0.489 e. The molecule has 0 spiro atoms. The second-order valence-electron chi connectivity index (χ2n) is 5.65. The van der Waals surface area contributed by atoms with E-state index in [1.165, 1.54) is 12.1 Å². The van der Waals surface area contributed by atoms with Crippen molar-refractivity contribution in [1.29, 1.82) is 0 Å². The number of halogens is 4. The zero-order valence-electron chi connectivity index (χ0n) is 13.6. The Morgan fingerprint density at radius 1 is 0.846 bits per heavy atom. The Bertz CT molecular complexity index is 900. The van der Waals surface area contributed by atoms with Crippen molar-refractivity contribution in [3.05, 3.63) is 92.7 Å². The summed E-state index contributed by atoms with van der Waals surface area (Å²) in [6.07, 6.45) is 0. The number of nitrogens with one attached hydrogen (secondary N) is 1. The predicted octanol–water partition coefficient (Wildman–Crippen LogP) is 6.98. The van der Waals surface area contributed by atoms with Gasteiger partial charge in [-0.2, -0.15) is 0 Å². The van der Waals surface area contributed by atoms with Crippen molar-refractivity contribution in [1.82, 2.24) is 0 Å². The molecule has 0 saturated carbocycles. The smallest absolute Gasteiger partial charge is 0.124 e. The first-order chi connectivity index (χ1) is 12.5. The van der Waals surface area contributed by atoms with Gasteiger partial charge in [-0.15, -0.1) is 0 Å². The van der Waals surface area contributed by atoms with Crippen LogP contribution in [0.3, 0.4) is 0 Å². The van der Waals surface area contributed by atoms with Crippen LogP contribution < -0.4 is 10.1 Å². The Kier molecular flexibility index (Phi) is 6.25. The van der Waals surface area contributed by atoms with Crippen LogP contribution in [-0.2, 0) is 13.2 Å². The Balaban J connectivity index is 1.70. The summed E-state index contributed by atoms with van der Waals surface area (Å²) in [5, 5.41) is 4.83. The van der Waals surface area contributed by atoms with Crippen molar-refractivity contribution in [3.8, 4) is 5.75 Å². The molecular weight excluding hydrogens is 396 g/mol. The molecule has 3 aromatic carbocycles. The fourth-order valence-electron chi connectivity index (χ4n) is 2.38. The van der Waals surface area contributed by atoms with Gasteiger partial charge in [-0.1, -0.05) is 40.9 Å². The van der Waals surface area contributed by atoms with Crippen LogP contribution in [0.5, 0.6) is 5.75 Å². The zero-order valence-corrected chi connectivity index (χ0v) is 15.9. The molecule has 3 rings (SSSR count). The highest BCUT2D eigenvalue weighted by Crippen LogP contribution is 2.27. The molecule has 0 aromatic heterocycles. The van der Waals surface area contributed by atoms with Crippen LogP contribution in [0.25, 0.3) is 0 Å². The second kappa shape index (κ2) is 8.63. The molecule has 134 valence electrons. The summed E-state index contributed by atoms with van der Waals surface area (Å²) in [6, 6.07) is 17.0. The molecule has 0 unspecified atom stereocenters. The monoisotopic (exact) mass is 409 g/mol. The number of benzene rings is 3. The van der Waals surface area contributed by atoms with Crippen LogP contribution in [0, 0.1) is 5.82 Å². The molecule has 0 amide bonds. The average molecular weight is 411 g/mol. The van der Waals surface area contributed by atoms with Gasteiger partial charge in [0.2, 0.25) is 0 Å². The number of ether oxygens (including phenoxy) is 1. The molecule has 0 aliphatic heterocycles. The molecule has 0 radical (unpaired) electrons. The van der Waals surface area contributed by atoms with Crippen molar-refractivity contribution < 1.29 is 9.13 Å².